The van der Waals surface area contributed by atoms with E-state index in [1.807, 2.05) is 144 Å². The van der Waals surface area contributed by atoms with E-state index >= 15 is 0 Å². The van der Waals surface area contributed by atoms with Crippen molar-refractivity contribution >= 4 is 47.3 Å². The molecule has 0 aromatic carbocycles. The van der Waals surface area contributed by atoms with Crippen molar-refractivity contribution in [2.24, 2.45) is 70.0 Å². The molecule has 0 heterocycles. The number of carbonyl (C=O) groups is 8. The molecule has 0 saturated heterocycles. The lowest BCUT2D eigenvalue weighted by molar-refractivity contribution is -0.125. The van der Waals surface area contributed by atoms with E-state index in [4.69, 9.17) is 14.2 Å². The Hall–Kier alpha value is -4.44. The standard InChI is InChI=1S/C10H21NO2.C9H20N2O.2C9H19NO.C8H18N2O.C8H17NO2.C8H17NO.C7H15NO2/c1-8(2)9(12)11-6-10(3,4)7-13-5;1-8(2)9(12)10-6-5-7-11(3)4;1-7(2)8(11)10-6-9(3,4)5;1-7(2)5-6-10-9(11)8(3)4;1-7(2)8(11)9-5-6-10(3)4;1-7(2)8(10)9-5-4-6-11-3;1-6(2)5-9-8(10)7(3)4;1-6(2)7(9)8-4-5-10-3/h8H,6-7H2,1-5H3,(H,11,12);8H,5-7H2,1-4H3,(H,10,12);7H,6H2,1-5H3,(H,10,11);7-8H,5-6H2,1-4H3,(H,10,11);7H,5-6H2,1-4H3,(H,9,11);7H,4-6H2,1-3H3,(H,9,10);6-7H,5H2,1-4H3,(H,9,10);6H,4-5H2,1-3H3,(H,8,9). The number of nitrogens with one attached hydrogen (secondary N) is 8. The van der Waals surface area contributed by atoms with E-state index in [1.54, 1.807) is 21.3 Å². The van der Waals surface area contributed by atoms with E-state index in [0.29, 0.717) is 51.3 Å². The summed E-state index contributed by atoms with van der Waals surface area (Å²) in [6, 6.07) is 0. The molecule has 0 aliphatic heterocycles. The lowest BCUT2D eigenvalue weighted by atomic mass is 9.94. The highest BCUT2D eigenvalue weighted by Crippen LogP contribution is 2.13. The van der Waals surface area contributed by atoms with Gasteiger partial charge in [-0.25, -0.2) is 0 Å². The quantitative estimate of drug-likeness (QED) is 0.0293. The maximum absolute atomic E-state index is 11.2. The van der Waals surface area contributed by atoms with Crippen LogP contribution in [0.2, 0.25) is 0 Å². The minimum Gasteiger partial charge on any atom is -0.385 e. The van der Waals surface area contributed by atoms with Gasteiger partial charge in [-0.1, -0.05) is 173 Å². The van der Waals surface area contributed by atoms with E-state index in [2.05, 4.69) is 110 Å². The molecular formula is C68H146N10O11. The molecule has 0 aromatic heterocycles. The predicted molar refractivity (Wildman–Crippen MR) is 372 cm³/mol. The van der Waals surface area contributed by atoms with E-state index in [1.165, 1.54) is 0 Å². The molecule has 0 rings (SSSR count). The number of rotatable bonds is 32. The number of nitrogens with zero attached hydrogens (tertiary/aromatic N) is 2. The van der Waals surface area contributed by atoms with Gasteiger partial charge in [0.2, 0.25) is 47.3 Å². The van der Waals surface area contributed by atoms with Gasteiger partial charge in [-0.2, -0.15) is 0 Å². The molecule has 8 N–H and O–H groups in total. The highest BCUT2D eigenvalue weighted by Gasteiger charge is 2.19. The minimum atomic E-state index is 0.0132. The first-order valence-corrected chi connectivity index (χ1v) is 32.7. The summed E-state index contributed by atoms with van der Waals surface area (Å²) in [4.78, 5) is 92.3. The molecule has 0 aromatic rings. The topological polar surface area (TPSA) is 267 Å². The molecule has 0 aliphatic rings. The first kappa shape index (κ1) is 101. The van der Waals surface area contributed by atoms with Crippen molar-refractivity contribution in [1.29, 1.82) is 0 Å². The fourth-order valence-corrected chi connectivity index (χ4v) is 5.26. The van der Waals surface area contributed by atoms with E-state index in [9.17, 15) is 38.4 Å². The molecule has 0 aliphatic carbocycles. The maximum Gasteiger partial charge on any atom is 0.222 e. The fourth-order valence-electron chi connectivity index (χ4n) is 5.26. The first-order valence-electron chi connectivity index (χ1n) is 32.7. The molecule has 89 heavy (non-hydrogen) atoms. The Morgan fingerprint density at radius 1 is 0.337 bits per heavy atom. The summed E-state index contributed by atoms with van der Waals surface area (Å²) < 4.78 is 14.6. The Morgan fingerprint density at radius 3 is 0.944 bits per heavy atom. The van der Waals surface area contributed by atoms with Crippen LogP contribution >= 0.6 is 0 Å². The molecule has 8 amide bonds. The largest absolute Gasteiger partial charge is 0.385 e. The van der Waals surface area contributed by atoms with Gasteiger partial charge in [0, 0.05) is 140 Å². The second kappa shape index (κ2) is 63.7. The van der Waals surface area contributed by atoms with Crippen LogP contribution in [0, 0.1) is 70.0 Å². The summed E-state index contributed by atoms with van der Waals surface area (Å²) >= 11 is 0. The second-order valence-corrected chi connectivity index (χ2v) is 27.9. The van der Waals surface area contributed by atoms with E-state index in [-0.39, 0.29) is 105 Å². The molecule has 0 fully saturated rings. The molecule has 0 bridgehead atoms. The third kappa shape index (κ3) is 90.1. The summed E-state index contributed by atoms with van der Waals surface area (Å²) in [7, 11) is 13.0. The summed E-state index contributed by atoms with van der Waals surface area (Å²) in [5.41, 5.74) is 0.198. The molecule has 0 spiro atoms. The molecule has 0 radical (unpaired) electrons. The third-order valence-corrected chi connectivity index (χ3v) is 11.3. The third-order valence-electron chi connectivity index (χ3n) is 11.3. The maximum atomic E-state index is 11.2. The van der Waals surface area contributed by atoms with Crippen LogP contribution in [0.25, 0.3) is 0 Å². The number of hydrogen-bond acceptors (Lipinski definition) is 13. The Labute approximate surface area is 547 Å². The van der Waals surface area contributed by atoms with Crippen molar-refractivity contribution in [3.63, 3.8) is 0 Å². The molecule has 0 atom stereocenters. The molecule has 0 saturated carbocycles. The van der Waals surface area contributed by atoms with Crippen LogP contribution < -0.4 is 42.5 Å². The highest BCUT2D eigenvalue weighted by molar-refractivity contribution is 5.80. The SMILES string of the molecule is CC(C)C(=O)NCC(C)(C)C.CC(C)C(=O)NCCCN(C)C.CC(C)C(=O)NCCN(C)C.CC(C)CCNC(=O)C(C)C.CC(C)CNC(=O)C(C)C.COCC(C)(C)CNC(=O)C(C)C.COCCCNC(=O)C(C)C.COCCNC(=O)C(C)C. The Bertz CT molecular complexity index is 1700. The van der Waals surface area contributed by atoms with Gasteiger partial charge in [-0.05, 0) is 71.2 Å². The Kier molecular flexibility index (Phi) is 72.1. The van der Waals surface area contributed by atoms with Crippen LogP contribution in [0.3, 0.4) is 0 Å². The number of likely N-dealkylation sites (N-methyl/N-ethyl adjacent to an activating group) is 1. The number of amides is 8. The van der Waals surface area contributed by atoms with Gasteiger partial charge in [0.15, 0.2) is 0 Å². The lowest BCUT2D eigenvalue weighted by Gasteiger charge is -2.24. The van der Waals surface area contributed by atoms with Crippen LogP contribution in [0.4, 0.5) is 0 Å². The van der Waals surface area contributed by atoms with Crippen LogP contribution in [0.15, 0.2) is 0 Å². The van der Waals surface area contributed by atoms with Gasteiger partial charge < -0.3 is 66.5 Å². The van der Waals surface area contributed by atoms with Gasteiger partial charge in [0.1, 0.15) is 0 Å². The Morgan fingerprint density at radius 2 is 0.640 bits per heavy atom. The van der Waals surface area contributed by atoms with Crippen molar-refractivity contribution in [1.82, 2.24) is 52.3 Å². The van der Waals surface area contributed by atoms with E-state index < -0.39 is 0 Å². The van der Waals surface area contributed by atoms with E-state index in [0.717, 1.165) is 65.1 Å². The van der Waals surface area contributed by atoms with Gasteiger partial charge >= 0.3 is 0 Å². The van der Waals surface area contributed by atoms with Gasteiger partial charge in [0.05, 0.1) is 13.2 Å². The van der Waals surface area contributed by atoms with Crippen molar-refractivity contribution in [3.05, 3.63) is 0 Å². The molecule has 21 heteroatoms. The van der Waals surface area contributed by atoms with Crippen LogP contribution in [-0.2, 0) is 52.6 Å². The fraction of sp³-hybridized carbons (Fsp3) is 0.882. The number of ether oxygens (including phenoxy) is 3. The summed E-state index contributed by atoms with van der Waals surface area (Å²) in [5, 5.41) is 22.7. The van der Waals surface area contributed by atoms with Crippen molar-refractivity contribution in [3.8, 4) is 0 Å². The first-order chi connectivity index (χ1) is 40.7. The van der Waals surface area contributed by atoms with Crippen LogP contribution in [0.5, 0.6) is 0 Å². The molecular weight excluding hydrogens is 1130 g/mol. The monoisotopic (exact) mass is 1280 g/mol. The smallest absolute Gasteiger partial charge is 0.222 e. The zero-order valence-corrected chi connectivity index (χ0v) is 63.5. The molecule has 21 nitrogen and oxygen atoms in total. The van der Waals surface area contributed by atoms with Crippen LogP contribution in [0.1, 0.15) is 192 Å². The number of carbonyl (C=O) groups excluding carboxylic acids is 8. The molecule has 534 valence electrons. The summed E-state index contributed by atoms with van der Waals surface area (Å²) in [6.07, 6.45) is 2.97. The number of methoxy groups -OCH3 is 3. The summed E-state index contributed by atoms with van der Waals surface area (Å²) in [5.74, 6) is 2.94. The van der Waals surface area contributed by atoms with Gasteiger partial charge in [0.25, 0.3) is 0 Å². The zero-order valence-electron chi connectivity index (χ0n) is 63.5. The van der Waals surface area contributed by atoms with Crippen molar-refractivity contribution in [2.75, 3.05) is 135 Å². The highest BCUT2D eigenvalue weighted by atomic mass is 16.5. The van der Waals surface area contributed by atoms with Gasteiger partial charge in [-0.3, -0.25) is 38.4 Å². The zero-order chi connectivity index (χ0) is 71.6. The average Bonchev–Trinajstić information content (AvgIpc) is 3.41. The van der Waals surface area contributed by atoms with Crippen molar-refractivity contribution in [2.45, 2.75) is 192 Å². The second-order valence-electron chi connectivity index (χ2n) is 27.9. The summed E-state index contributed by atoms with van der Waals surface area (Å²) in [6.45, 7) is 58.9. The number of hydrogen-bond donors (Lipinski definition) is 8. The Balaban J connectivity index is -0.000000141. The van der Waals surface area contributed by atoms with Gasteiger partial charge in [-0.15, -0.1) is 0 Å². The van der Waals surface area contributed by atoms with Crippen molar-refractivity contribution < 1.29 is 52.6 Å². The average molecular weight is 1280 g/mol. The predicted octanol–water partition coefficient (Wildman–Crippen LogP) is 8.69. The molecule has 0 unspecified atom stereocenters. The minimum absolute atomic E-state index is 0.0132. The normalized spacial score (nSPS) is 10.9. The van der Waals surface area contributed by atoms with Crippen LogP contribution in [-0.4, -0.2) is 192 Å². The lowest BCUT2D eigenvalue weighted by Crippen LogP contribution is -2.38.